The normalized spacial score (nSPS) is 11.5. The summed E-state index contributed by atoms with van der Waals surface area (Å²) in [5, 5.41) is 21.0. The fourth-order valence-corrected chi connectivity index (χ4v) is 6.97. The third kappa shape index (κ3) is 16.8. The fraction of sp³-hybridized carbons (Fsp3) is 0.520. The Bertz CT molecular complexity index is 1730. The monoisotopic (exact) mass is 838 g/mol. The Hall–Kier alpha value is -3.26. The van der Waals surface area contributed by atoms with Crippen molar-refractivity contribution in [1.82, 2.24) is 0 Å². The summed E-state index contributed by atoms with van der Waals surface area (Å²) in [6.45, 7) is 13.5. The first kappa shape index (κ1) is 47.9. The molecular formula is C50H72N2O2Pd. The van der Waals surface area contributed by atoms with Gasteiger partial charge in [0.05, 0.1) is 17.1 Å². The molecule has 0 saturated carbocycles. The Labute approximate surface area is 349 Å². The van der Waals surface area contributed by atoms with Crippen LogP contribution in [0.25, 0.3) is 10.8 Å². The van der Waals surface area contributed by atoms with E-state index < -0.39 is 0 Å². The summed E-state index contributed by atoms with van der Waals surface area (Å²) in [6.07, 6.45) is 25.9. The van der Waals surface area contributed by atoms with Crippen molar-refractivity contribution in [3.8, 4) is 11.5 Å². The number of aliphatic imine (C=N–C) groups is 2. The maximum Gasteiger partial charge on any atom is 0.165 e. The summed E-state index contributed by atoms with van der Waals surface area (Å²) in [5.74, 6) is -0.0732. The minimum atomic E-state index is -0.0554. The van der Waals surface area contributed by atoms with Crippen LogP contribution < -0.4 is 0 Å². The van der Waals surface area contributed by atoms with Crippen LogP contribution in [0, 0.1) is 0 Å². The topological polar surface area (TPSA) is 65.2 Å². The standard InChI is InChI=1S/C36H56N2.C14H16O2.Pd/c1-6-11-16-17-22-36(38-35-26-24-31(19-13-8-3)33(28-35)21-15-10-5)29-37-34-25-23-30(18-12-7-2)32(27-34)20-14-9-4;1-2-3-5-10-6-4-7-12-11(10)8-9-13(15)14(12)16;/h23-29H,6-22H2,1-5H3;4,6-9,15-16H,2-3,5H2,1H3;. The summed E-state index contributed by atoms with van der Waals surface area (Å²) < 4.78 is 0. The number of unbranched alkanes of at least 4 members (excludes halogenated alkanes) is 8. The molecule has 0 aliphatic rings. The minimum absolute atomic E-state index is 0. The third-order valence-electron chi connectivity index (χ3n) is 10.4. The van der Waals surface area contributed by atoms with E-state index in [1.807, 2.05) is 24.4 Å². The number of benzene rings is 4. The van der Waals surface area contributed by atoms with Gasteiger partial charge in [-0.05, 0) is 141 Å². The van der Waals surface area contributed by atoms with E-state index in [2.05, 4.69) is 84.0 Å². The first-order chi connectivity index (χ1) is 26.4. The fourth-order valence-electron chi connectivity index (χ4n) is 6.97. The van der Waals surface area contributed by atoms with Crippen molar-refractivity contribution in [2.24, 2.45) is 9.98 Å². The molecule has 4 nitrogen and oxygen atoms in total. The van der Waals surface area contributed by atoms with Gasteiger partial charge >= 0.3 is 0 Å². The molecule has 304 valence electrons. The van der Waals surface area contributed by atoms with Crippen LogP contribution in [0.1, 0.15) is 166 Å². The zero-order valence-corrected chi connectivity index (χ0v) is 36.7. The SMILES string of the molecule is CCCCCCC(C=Nc1ccc(CCCC)c(CCCC)c1)=Nc1ccc(CCCC)c(CCCC)c1.CCCCc1cccc2c(O)c(O)ccc12.[Pd]. The van der Waals surface area contributed by atoms with Gasteiger partial charge in [-0.1, -0.05) is 129 Å². The Kier molecular flexibility index (Phi) is 24.5. The molecule has 5 heteroatoms. The van der Waals surface area contributed by atoms with E-state index in [1.54, 1.807) is 6.07 Å². The summed E-state index contributed by atoms with van der Waals surface area (Å²) in [6, 6.07) is 23.0. The molecule has 0 fully saturated rings. The van der Waals surface area contributed by atoms with Crippen LogP contribution in [-0.4, -0.2) is 22.1 Å². The first-order valence-corrected chi connectivity index (χ1v) is 21.7. The van der Waals surface area contributed by atoms with Crippen LogP contribution in [0.15, 0.2) is 76.7 Å². The van der Waals surface area contributed by atoms with Gasteiger partial charge in [-0.15, -0.1) is 0 Å². The molecule has 0 atom stereocenters. The van der Waals surface area contributed by atoms with Crippen molar-refractivity contribution in [1.29, 1.82) is 0 Å². The van der Waals surface area contributed by atoms with Crippen LogP contribution in [-0.2, 0) is 52.5 Å². The van der Waals surface area contributed by atoms with Crippen molar-refractivity contribution < 1.29 is 30.6 Å². The van der Waals surface area contributed by atoms with E-state index in [9.17, 15) is 10.2 Å². The third-order valence-corrected chi connectivity index (χ3v) is 10.4. The second kappa shape index (κ2) is 28.2. The molecule has 4 aromatic rings. The summed E-state index contributed by atoms with van der Waals surface area (Å²) in [7, 11) is 0. The van der Waals surface area contributed by atoms with E-state index in [1.165, 1.54) is 118 Å². The molecule has 0 heterocycles. The van der Waals surface area contributed by atoms with E-state index in [-0.39, 0.29) is 31.9 Å². The molecule has 2 N–H and O–H groups in total. The Morgan fingerprint density at radius 2 is 1.00 bits per heavy atom. The largest absolute Gasteiger partial charge is 0.504 e. The number of hydrogen-bond donors (Lipinski definition) is 2. The van der Waals surface area contributed by atoms with Crippen molar-refractivity contribution in [3.05, 3.63) is 94.5 Å². The molecule has 4 aromatic carbocycles. The number of phenols is 2. The molecule has 0 bridgehead atoms. The molecule has 4 rings (SSSR count). The van der Waals surface area contributed by atoms with Crippen LogP contribution >= 0.6 is 0 Å². The van der Waals surface area contributed by atoms with Crippen molar-refractivity contribution >= 4 is 34.1 Å². The predicted octanol–water partition coefficient (Wildman–Crippen LogP) is 15.1. The molecule has 0 radical (unpaired) electrons. The second-order valence-corrected chi connectivity index (χ2v) is 15.0. The van der Waals surface area contributed by atoms with E-state index in [4.69, 9.17) is 9.98 Å². The van der Waals surface area contributed by atoms with Gasteiger partial charge in [0.15, 0.2) is 11.5 Å². The Morgan fingerprint density at radius 3 is 1.56 bits per heavy atom. The molecule has 0 aliphatic heterocycles. The van der Waals surface area contributed by atoms with Gasteiger partial charge in [0.2, 0.25) is 0 Å². The zero-order valence-electron chi connectivity index (χ0n) is 35.2. The number of aryl methyl sites for hydroxylation is 5. The van der Waals surface area contributed by atoms with Gasteiger partial charge in [-0.25, -0.2) is 0 Å². The van der Waals surface area contributed by atoms with Gasteiger partial charge in [0, 0.05) is 32.0 Å². The van der Waals surface area contributed by atoms with Crippen LogP contribution in [0.5, 0.6) is 11.5 Å². The maximum absolute atomic E-state index is 9.76. The quantitative estimate of drug-likeness (QED) is 0.0338. The van der Waals surface area contributed by atoms with Gasteiger partial charge < -0.3 is 10.2 Å². The molecule has 0 aliphatic carbocycles. The number of aromatic hydroxyl groups is 2. The van der Waals surface area contributed by atoms with Crippen LogP contribution in [0.4, 0.5) is 11.4 Å². The molecule has 0 aromatic heterocycles. The van der Waals surface area contributed by atoms with Crippen LogP contribution in [0.2, 0.25) is 0 Å². The number of rotatable bonds is 23. The van der Waals surface area contributed by atoms with Gasteiger partial charge in [0.1, 0.15) is 0 Å². The Balaban J connectivity index is 0.000000510. The van der Waals surface area contributed by atoms with E-state index in [0.717, 1.165) is 66.4 Å². The average Bonchev–Trinajstić information content (AvgIpc) is 3.19. The second-order valence-electron chi connectivity index (χ2n) is 15.0. The number of fused-ring (bicyclic) bond motifs is 1. The molecule has 55 heavy (non-hydrogen) atoms. The van der Waals surface area contributed by atoms with E-state index in [0.29, 0.717) is 0 Å². The number of nitrogens with zero attached hydrogens (tertiary/aromatic N) is 2. The minimum Gasteiger partial charge on any atom is -0.504 e. The number of phenolic OH excluding ortho intramolecular Hbond substituents is 2. The molecular weight excluding hydrogens is 767 g/mol. The summed E-state index contributed by atoms with van der Waals surface area (Å²) in [5.41, 5.74) is 10.5. The van der Waals surface area contributed by atoms with Crippen LogP contribution in [0.3, 0.4) is 0 Å². The summed E-state index contributed by atoms with van der Waals surface area (Å²) in [4.78, 5) is 10.1. The molecule has 0 amide bonds. The van der Waals surface area contributed by atoms with Gasteiger partial charge in [-0.3, -0.25) is 9.98 Å². The molecule has 0 spiro atoms. The smallest absolute Gasteiger partial charge is 0.165 e. The van der Waals surface area contributed by atoms with Crippen molar-refractivity contribution in [2.75, 3.05) is 0 Å². The maximum atomic E-state index is 9.76. The van der Waals surface area contributed by atoms with E-state index >= 15 is 0 Å². The zero-order chi connectivity index (χ0) is 39.0. The summed E-state index contributed by atoms with van der Waals surface area (Å²) >= 11 is 0. The first-order valence-electron chi connectivity index (χ1n) is 21.7. The van der Waals surface area contributed by atoms with Gasteiger partial charge in [0.25, 0.3) is 0 Å². The number of hydrogen-bond acceptors (Lipinski definition) is 4. The van der Waals surface area contributed by atoms with Crippen molar-refractivity contribution in [3.63, 3.8) is 0 Å². The predicted molar refractivity (Wildman–Crippen MR) is 237 cm³/mol. The van der Waals surface area contributed by atoms with Gasteiger partial charge in [-0.2, -0.15) is 0 Å². The Morgan fingerprint density at radius 1 is 0.491 bits per heavy atom. The molecule has 0 unspecified atom stereocenters. The average molecular weight is 840 g/mol. The molecule has 0 saturated heterocycles. The van der Waals surface area contributed by atoms with Crippen molar-refractivity contribution in [2.45, 2.75) is 170 Å².